The van der Waals surface area contributed by atoms with Crippen molar-refractivity contribution in [2.45, 2.75) is 26.3 Å². The summed E-state index contributed by atoms with van der Waals surface area (Å²) in [4.78, 5) is 21.5. The highest BCUT2D eigenvalue weighted by Gasteiger charge is 2.25. The molecule has 2 saturated heterocycles. The van der Waals surface area contributed by atoms with E-state index in [-0.39, 0.29) is 17.6 Å². The average molecular weight is 419 g/mol. The van der Waals surface area contributed by atoms with E-state index < -0.39 is 0 Å². The number of benzene rings is 1. The van der Waals surface area contributed by atoms with E-state index in [9.17, 15) is 9.18 Å². The standard InChI is InChI=1S/C21H27FN4O2S/c1-15-23-18(14-29-15)13-25-6-4-16(5-7-25)21(27)24-17-2-3-20(19(22)12-17)26-8-10-28-11-9-26/h2-3,12,14,16H,4-11,13H2,1H3,(H,24,27). The van der Waals surface area contributed by atoms with Gasteiger partial charge in [-0.25, -0.2) is 9.37 Å². The number of rotatable bonds is 5. The number of ether oxygens (including phenoxy) is 1. The fraction of sp³-hybridized carbons (Fsp3) is 0.524. The molecule has 1 N–H and O–H groups in total. The SMILES string of the molecule is Cc1nc(CN2CCC(C(=O)Nc3ccc(N4CCOCC4)c(F)c3)CC2)cs1. The number of halogens is 1. The van der Waals surface area contributed by atoms with E-state index >= 15 is 0 Å². The summed E-state index contributed by atoms with van der Waals surface area (Å²) in [5.41, 5.74) is 2.19. The Balaban J connectivity index is 1.29. The summed E-state index contributed by atoms with van der Waals surface area (Å²) in [6, 6.07) is 4.95. The molecule has 6 nitrogen and oxygen atoms in total. The van der Waals surface area contributed by atoms with Crippen LogP contribution in [0.15, 0.2) is 23.6 Å². The third kappa shape index (κ3) is 5.12. The summed E-state index contributed by atoms with van der Waals surface area (Å²) >= 11 is 1.67. The molecule has 0 radical (unpaired) electrons. The Hall–Kier alpha value is -2.03. The van der Waals surface area contributed by atoms with Gasteiger partial charge < -0.3 is 15.0 Å². The van der Waals surface area contributed by atoms with Gasteiger partial charge in [-0.15, -0.1) is 11.3 Å². The number of nitrogens with zero attached hydrogens (tertiary/aromatic N) is 3. The molecule has 0 aliphatic carbocycles. The second-order valence-electron chi connectivity index (χ2n) is 7.66. The van der Waals surface area contributed by atoms with Crippen LogP contribution in [0.3, 0.4) is 0 Å². The number of nitrogens with one attached hydrogen (secondary N) is 1. The molecule has 8 heteroatoms. The van der Waals surface area contributed by atoms with Crippen LogP contribution in [0.2, 0.25) is 0 Å². The van der Waals surface area contributed by atoms with Crippen molar-refractivity contribution >= 4 is 28.6 Å². The number of likely N-dealkylation sites (tertiary alicyclic amines) is 1. The molecule has 2 fully saturated rings. The first-order chi connectivity index (χ1) is 14.1. The molecule has 1 aromatic heterocycles. The van der Waals surface area contributed by atoms with Crippen LogP contribution >= 0.6 is 11.3 Å². The molecular weight excluding hydrogens is 391 g/mol. The van der Waals surface area contributed by atoms with Crippen molar-refractivity contribution in [2.24, 2.45) is 5.92 Å². The lowest BCUT2D eigenvalue weighted by molar-refractivity contribution is -0.121. The second kappa shape index (κ2) is 9.19. The number of piperidine rings is 1. The van der Waals surface area contributed by atoms with Gasteiger partial charge in [-0.05, 0) is 51.1 Å². The molecule has 2 aliphatic rings. The third-order valence-corrected chi connectivity index (χ3v) is 6.40. The number of thiazole rings is 1. The molecule has 1 amide bonds. The van der Waals surface area contributed by atoms with Gasteiger partial charge in [0, 0.05) is 36.6 Å². The summed E-state index contributed by atoms with van der Waals surface area (Å²) in [6.07, 6.45) is 1.62. The summed E-state index contributed by atoms with van der Waals surface area (Å²) in [5, 5.41) is 6.08. The molecule has 0 unspecified atom stereocenters. The monoisotopic (exact) mass is 418 g/mol. The molecule has 156 valence electrons. The van der Waals surface area contributed by atoms with Crippen LogP contribution in [0.5, 0.6) is 0 Å². The van der Waals surface area contributed by atoms with Crippen molar-refractivity contribution in [3.05, 3.63) is 40.1 Å². The molecule has 0 atom stereocenters. The number of aromatic nitrogens is 1. The number of hydrogen-bond acceptors (Lipinski definition) is 6. The van der Waals surface area contributed by atoms with Crippen molar-refractivity contribution in [3.8, 4) is 0 Å². The zero-order valence-corrected chi connectivity index (χ0v) is 17.5. The van der Waals surface area contributed by atoms with Gasteiger partial charge in [0.1, 0.15) is 5.82 Å². The van der Waals surface area contributed by atoms with Crippen LogP contribution in [-0.4, -0.2) is 55.2 Å². The lowest BCUT2D eigenvalue weighted by Gasteiger charge is -2.31. The van der Waals surface area contributed by atoms with Crippen LogP contribution < -0.4 is 10.2 Å². The van der Waals surface area contributed by atoms with Crippen LogP contribution in [0.4, 0.5) is 15.8 Å². The van der Waals surface area contributed by atoms with Gasteiger partial charge in [0.15, 0.2) is 0 Å². The van der Waals surface area contributed by atoms with E-state index in [1.165, 1.54) is 6.07 Å². The van der Waals surface area contributed by atoms with Crippen molar-refractivity contribution in [1.82, 2.24) is 9.88 Å². The highest BCUT2D eigenvalue weighted by molar-refractivity contribution is 7.09. The summed E-state index contributed by atoms with van der Waals surface area (Å²) in [6.45, 7) is 7.19. The van der Waals surface area contributed by atoms with Gasteiger partial charge in [-0.1, -0.05) is 0 Å². The van der Waals surface area contributed by atoms with Crippen molar-refractivity contribution in [3.63, 3.8) is 0 Å². The minimum absolute atomic E-state index is 0.0207. The van der Waals surface area contributed by atoms with Gasteiger partial charge >= 0.3 is 0 Å². The van der Waals surface area contributed by atoms with Crippen LogP contribution in [0.25, 0.3) is 0 Å². The predicted molar refractivity (Wildman–Crippen MR) is 113 cm³/mol. The number of morpholine rings is 1. The Morgan fingerprint density at radius 1 is 1.28 bits per heavy atom. The van der Waals surface area contributed by atoms with E-state index in [4.69, 9.17) is 4.74 Å². The molecule has 2 aromatic rings. The molecule has 3 heterocycles. The zero-order chi connectivity index (χ0) is 20.2. The Labute approximate surface area is 174 Å². The first-order valence-electron chi connectivity index (χ1n) is 10.1. The minimum atomic E-state index is -0.307. The van der Waals surface area contributed by atoms with Gasteiger partial charge in [-0.3, -0.25) is 9.69 Å². The number of carbonyl (C=O) groups excluding carboxylic acids is 1. The molecule has 0 saturated carbocycles. The lowest BCUT2D eigenvalue weighted by Crippen LogP contribution is -2.38. The van der Waals surface area contributed by atoms with E-state index in [2.05, 4.69) is 20.6 Å². The van der Waals surface area contributed by atoms with Crippen molar-refractivity contribution < 1.29 is 13.9 Å². The molecule has 29 heavy (non-hydrogen) atoms. The van der Waals surface area contributed by atoms with E-state index in [1.54, 1.807) is 23.5 Å². The lowest BCUT2D eigenvalue weighted by atomic mass is 9.95. The van der Waals surface area contributed by atoms with Gasteiger partial charge in [0.2, 0.25) is 5.91 Å². The Morgan fingerprint density at radius 2 is 2.03 bits per heavy atom. The van der Waals surface area contributed by atoms with E-state index in [0.717, 1.165) is 43.2 Å². The smallest absolute Gasteiger partial charge is 0.227 e. The quantitative estimate of drug-likeness (QED) is 0.808. The number of amides is 1. The Morgan fingerprint density at radius 3 is 2.69 bits per heavy atom. The fourth-order valence-corrected chi connectivity index (χ4v) is 4.56. The Bertz CT molecular complexity index is 845. The average Bonchev–Trinajstić information content (AvgIpc) is 3.14. The minimum Gasteiger partial charge on any atom is -0.378 e. The highest BCUT2D eigenvalue weighted by Crippen LogP contribution is 2.25. The topological polar surface area (TPSA) is 57.7 Å². The summed E-state index contributed by atoms with van der Waals surface area (Å²) in [5.74, 6) is -0.365. The molecule has 4 rings (SSSR count). The first-order valence-corrected chi connectivity index (χ1v) is 11.0. The van der Waals surface area contributed by atoms with Crippen LogP contribution in [0.1, 0.15) is 23.5 Å². The number of hydrogen-bond donors (Lipinski definition) is 1. The molecule has 1 aromatic carbocycles. The van der Waals surface area contributed by atoms with Crippen LogP contribution in [-0.2, 0) is 16.1 Å². The molecule has 2 aliphatic heterocycles. The van der Waals surface area contributed by atoms with Crippen molar-refractivity contribution in [1.29, 1.82) is 0 Å². The molecule has 0 spiro atoms. The maximum Gasteiger partial charge on any atom is 0.227 e. The largest absolute Gasteiger partial charge is 0.378 e. The van der Waals surface area contributed by atoms with Gasteiger partial charge in [0.05, 0.1) is 29.6 Å². The maximum absolute atomic E-state index is 14.5. The second-order valence-corrected chi connectivity index (χ2v) is 8.73. The van der Waals surface area contributed by atoms with Crippen molar-refractivity contribution in [2.75, 3.05) is 49.6 Å². The van der Waals surface area contributed by atoms with Crippen LogP contribution in [0, 0.1) is 18.7 Å². The summed E-state index contributed by atoms with van der Waals surface area (Å²) in [7, 11) is 0. The number of carbonyl (C=O) groups is 1. The first kappa shape index (κ1) is 20.3. The molecule has 0 bridgehead atoms. The van der Waals surface area contributed by atoms with Gasteiger partial charge in [-0.2, -0.15) is 0 Å². The highest BCUT2D eigenvalue weighted by atomic mass is 32.1. The van der Waals surface area contributed by atoms with E-state index in [1.807, 2.05) is 11.8 Å². The van der Waals surface area contributed by atoms with E-state index in [0.29, 0.717) is 37.7 Å². The maximum atomic E-state index is 14.5. The Kier molecular flexibility index (Phi) is 6.42. The molecular formula is C21H27FN4O2S. The third-order valence-electron chi connectivity index (χ3n) is 5.58. The number of aryl methyl sites for hydroxylation is 1. The summed E-state index contributed by atoms with van der Waals surface area (Å²) < 4.78 is 19.9. The predicted octanol–water partition coefficient (Wildman–Crippen LogP) is 3.28. The fourth-order valence-electron chi connectivity index (χ4n) is 3.95. The number of anilines is 2. The van der Waals surface area contributed by atoms with Gasteiger partial charge in [0.25, 0.3) is 0 Å². The normalized spacial score (nSPS) is 18.8. The zero-order valence-electron chi connectivity index (χ0n) is 16.7.